The zero-order chi connectivity index (χ0) is 13.4. The molecular formula is C12H12N2O3S2. The molecule has 2 saturated heterocycles. The molecule has 19 heavy (non-hydrogen) atoms. The second-order valence-electron chi connectivity index (χ2n) is 4.52. The third-order valence-electron chi connectivity index (χ3n) is 3.37. The van der Waals surface area contributed by atoms with Crippen molar-refractivity contribution < 1.29 is 14.4 Å². The van der Waals surface area contributed by atoms with Gasteiger partial charge in [-0.3, -0.25) is 19.3 Å². The average Bonchev–Trinajstić information content (AvgIpc) is 3.10. The van der Waals surface area contributed by atoms with Crippen LogP contribution in [-0.2, 0) is 4.79 Å². The predicted octanol–water partition coefficient (Wildman–Crippen LogP) is 1.66. The fourth-order valence-corrected chi connectivity index (χ4v) is 3.83. The van der Waals surface area contributed by atoms with Crippen LogP contribution < -0.4 is 0 Å². The van der Waals surface area contributed by atoms with Crippen LogP contribution in [0, 0.1) is 0 Å². The van der Waals surface area contributed by atoms with Crippen LogP contribution in [0.25, 0.3) is 0 Å². The van der Waals surface area contributed by atoms with Crippen molar-refractivity contribution in [1.82, 2.24) is 9.80 Å². The number of hydrogen-bond donors (Lipinski definition) is 0. The molecule has 5 nitrogen and oxygen atoms in total. The third-order valence-corrected chi connectivity index (χ3v) is 4.89. The van der Waals surface area contributed by atoms with E-state index in [-0.39, 0.29) is 28.8 Å². The smallest absolute Gasteiger partial charge is 0.289 e. The molecule has 100 valence electrons. The Hall–Kier alpha value is -1.34. The monoisotopic (exact) mass is 296 g/mol. The van der Waals surface area contributed by atoms with Gasteiger partial charge in [-0.1, -0.05) is 11.8 Å². The van der Waals surface area contributed by atoms with Crippen LogP contribution in [0.5, 0.6) is 0 Å². The maximum Gasteiger partial charge on any atom is 0.289 e. The van der Waals surface area contributed by atoms with Gasteiger partial charge in [-0.2, -0.15) is 11.3 Å². The number of carbonyl (C=O) groups excluding carboxylic acids is 3. The lowest BCUT2D eigenvalue weighted by atomic mass is 10.2. The van der Waals surface area contributed by atoms with Crippen LogP contribution in [0.4, 0.5) is 4.79 Å². The summed E-state index contributed by atoms with van der Waals surface area (Å²) < 4.78 is 0. The number of likely N-dealkylation sites (tertiary alicyclic amines) is 1. The van der Waals surface area contributed by atoms with Gasteiger partial charge in [0.2, 0.25) is 5.91 Å². The van der Waals surface area contributed by atoms with E-state index in [1.54, 1.807) is 11.0 Å². The summed E-state index contributed by atoms with van der Waals surface area (Å²) in [6.45, 7) is 1.05. The Balaban J connectivity index is 1.69. The van der Waals surface area contributed by atoms with E-state index in [1.807, 2.05) is 10.8 Å². The molecule has 1 aromatic heterocycles. The van der Waals surface area contributed by atoms with E-state index in [0.29, 0.717) is 25.1 Å². The standard InChI is InChI=1S/C12H12N2O3S2/c15-10-7-19-12(17)14(10)9-1-3-13(5-9)11(16)8-2-4-18-6-8/h2,4,6,9H,1,3,5,7H2/t9-/m0/s1. The van der Waals surface area contributed by atoms with Crippen LogP contribution in [-0.4, -0.2) is 51.7 Å². The van der Waals surface area contributed by atoms with E-state index in [1.165, 1.54) is 16.2 Å². The van der Waals surface area contributed by atoms with Crippen molar-refractivity contribution in [2.45, 2.75) is 12.5 Å². The lowest BCUT2D eigenvalue weighted by Gasteiger charge is -2.21. The number of thioether (sulfide) groups is 1. The largest absolute Gasteiger partial charge is 0.336 e. The maximum atomic E-state index is 12.2. The fourth-order valence-electron chi connectivity index (χ4n) is 2.42. The van der Waals surface area contributed by atoms with Gasteiger partial charge < -0.3 is 4.90 Å². The Morgan fingerprint density at radius 2 is 2.21 bits per heavy atom. The van der Waals surface area contributed by atoms with Crippen LogP contribution in [0.3, 0.4) is 0 Å². The molecule has 7 heteroatoms. The summed E-state index contributed by atoms with van der Waals surface area (Å²) in [5.41, 5.74) is 0.680. The molecule has 0 aromatic carbocycles. The molecule has 0 aliphatic carbocycles. The number of imide groups is 1. The third kappa shape index (κ3) is 2.28. The zero-order valence-electron chi connectivity index (χ0n) is 10.1. The molecule has 1 aromatic rings. The summed E-state index contributed by atoms with van der Waals surface area (Å²) in [5.74, 6) is 0.0775. The Kier molecular flexibility index (Phi) is 3.32. The van der Waals surface area contributed by atoms with E-state index >= 15 is 0 Å². The van der Waals surface area contributed by atoms with Crippen LogP contribution in [0.15, 0.2) is 16.8 Å². The molecule has 0 bridgehead atoms. The van der Waals surface area contributed by atoms with E-state index < -0.39 is 0 Å². The molecule has 3 heterocycles. The van der Waals surface area contributed by atoms with Crippen molar-refractivity contribution in [3.63, 3.8) is 0 Å². The topological polar surface area (TPSA) is 57.7 Å². The van der Waals surface area contributed by atoms with Crippen LogP contribution in [0.2, 0.25) is 0 Å². The van der Waals surface area contributed by atoms with Gasteiger partial charge in [0, 0.05) is 18.5 Å². The van der Waals surface area contributed by atoms with Crippen molar-refractivity contribution >= 4 is 40.2 Å². The highest BCUT2D eigenvalue weighted by atomic mass is 32.2. The number of amides is 3. The summed E-state index contributed by atoms with van der Waals surface area (Å²) in [6, 6.07) is 1.64. The van der Waals surface area contributed by atoms with Crippen molar-refractivity contribution in [1.29, 1.82) is 0 Å². The van der Waals surface area contributed by atoms with Crippen molar-refractivity contribution in [3.05, 3.63) is 22.4 Å². The Morgan fingerprint density at radius 3 is 2.84 bits per heavy atom. The average molecular weight is 296 g/mol. The minimum Gasteiger partial charge on any atom is -0.336 e. The van der Waals surface area contributed by atoms with Crippen molar-refractivity contribution in [2.75, 3.05) is 18.8 Å². The number of carbonyl (C=O) groups is 3. The first-order valence-corrected chi connectivity index (χ1v) is 7.90. The van der Waals surface area contributed by atoms with E-state index in [9.17, 15) is 14.4 Å². The SMILES string of the molecule is O=C(c1ccsc1)N1CC[C@H](N2C(=O)CSC2=O)C1. The molecule has 2 aliphatic rings. The van der Waals surface area contributed by atoms with Gasteiger partial charge in [0.25, 0.3) is 11.1 Å². The van der Waals surface area contributed by atoms with E-state index in [4.69, 9.17) is 0 Å². The first-order chi connectivity index (χ1) is 9.16. The summed E-state index contributed by atoms with van der Waals surface area (Å²) in [6.07, 6.45) is 0.675. The Labute approximate surface area is 118 Å². The first kappa shape index (κ1) is 12.7. The highest BCUT2D eigenvalue weighted by Crippen LogP contribution is 2.27. The number of nitrogens with zero attached hydrogens (tertiary/aromatic N) is 2. The van der Waals surface area contributed by atoms with Gasteiger partial charge in [0.05, 0.1) is 17.4 Å². The van der Waals surface area contributed by atoms with Crippen LogP contribution in [0.1, 0.15) is 16.8 Å². The first-order valence-electron chi connectivity index (χ1n) is 5.97. The lowest BCUT2D eigenvalue weighted by molar-refractivity contribution is -0.126. The van der Waals surface area contributed by atoms with Gasteiger partial charge in [-0.05, 0) is 17.9 Å². The number of rotatable bonds is 2. The molecule has 3 rings (SSSR count). The highest BCUT2D eigenvalue weighted by molar-refractivity contribution is 8.14. The second-order valence-corrected chi connectivity index (χ2v) is 6.23. The van der Waals surface area contributed by atoms with Gasteiger partial charge in [-0.15, -0.1) is 0 Å². The van der Waals surface area contributed by atoms with Gasteiger partial charge >= 0.3 is 0 Å². The molecule has 0 unspecified atom stereocenters. The highest BCUT2D eigenvalue weighted by Gasteiger charge is 2.40. The van der Waals surface area contributed by atoms with Crippen molar-refractivity contribution in [2.24, 2.45) is 0 Å². The van der Waals surface area contributed by atoms with Gasteiger partial charge in [0.1, 0.15) is 0 Å². The summed E-state index contributed by atoms with van der Waals surface area (Å²) in [5, 5.41) is 3.50. The van der Waals surface area contributed by atoms with E-state index in [0.717, 1.165) is 11.8 Å². The van der Waals surface area contributed by atoms with E-state index in [2.05, 4.69) is 0 Å². The van der Waals surface area contributed by atoms with Gasteiger partial charge in [0.15, 0.2) is 0 Å². The molecule has 3 amide bonds. The summed E-state index contributed by atoms with van der Waals surface area (Å²) in [7, 11) is 0. The molecule has 1 atom stereocenters. The second kappa shape index (κ2) is 4.97. The molecule has 0 N–H and O–H groups in total. The molecule has 0 saturated carbocycles. The summed E-state index contributed by atoms with van der Waals surface area (Å²) in [4.78, 5) is 38.5. The Morgan fingerprint density at radius 1 is 1.37 bits per heavy atom. The lowest BCUT2D eigenvalue weighted by Crippen LogP contribution is -2.41. The quantitative estimate of drug-likeness (QED) is 0.833. The molecule has 0 radical (unpaired) electrons. The minimum absolute atomic E-state index is 0.0181. The van der Waals surface area contributed by atoms with Gasteiger partial charge in [-0.25, -0.2) is 0 Å². The maximum absolute atomic E-state index is 12.2. The Bertz CT molecular complexity index is 513. The summed E-state index contributed by atoms with van der Waals surface area (Å²) >= 11 is 2.53. The molecular weight excluding hydrogens is 284 g/mol. The molecule has 2 fully saturated rings. The number of hydrogen-bond acceptors (Lipinski definition) is 5. The van der Waals surface area contributed by atoms with Crippen molar-refractivity contribution in [3.8, 4) is 0 Å². The predicted molar refractivity (Wildman–Crippen MR) is 73.3 cm³/mol. The number of thiophene rings is 1. The normalized spacial score (nSPS) is 23.5. The van der Waals surface area contributed by atoms with Crippen LogP contribution >= 0.6 is 23.1 Å². The molecule has 0 spiro atoms. The minimum atomic E-state index is -0.181. The zero-order valence-corrected chi connectivity index (χ0v) is 11.7. The fraction of sp³-hybridized carbons (Fsp3) is 0.417. The molecule has 2 aliphatic heterocycles.